The van der Waals surface area contributed by atoms with Crippen LogP contribution in [-0.4, -0.2) is 28.4 Å². The van der Waals surface area contributed by atoms with E-state index in [1.807, 2.05) is 20.8 Å². The molecule has 94 valence electrons. The average Bonchev–Trinajstić information content (AvgIpc) is 2.73. The Morgan fingerprint density at radius 1 is 1.53 bits per heavy atom. The van der Waals surface area contributed by atoms with Gasteiger partial charge < -0.3 is 9.84 Å². The first-order chi connectivity index (χ1) is 7.90. The van der Waals surface area contributed by atoms with Gasteiger partial charge in [-0.05, 0) is 6.42 Å². The predicted octanol–water partition coefficient (Wildman–Crippen LogP) is 1.07. The molecule has 0 aromatic carbocycles. The molecule has 6 nitrogen and oxygen atoms in total. The van der Waals surface area contributed by atoms with Gasteiger partial charge in [-0.3, -0.25) is 9.59 Å². The van der Waals surface area contributed by atoms with E-state index in [0.29, 0.717) is 18.7 Å². The van der Waals surface area contributed by atoms with Gasteiger partial charge in [-0.15, -0.1) is 0 Å². The summed E-state index contributed by atoms with van der Waals surface area (Å²) in [6.07, 6.45) is 0.980. The van der Waals surface area contributed by atoms with Gasteiger partial charge in [0, 0.05) is 5.41 Å². The monoisotopic (exact) mass is 239 g/mol. The summed E-state index contributed by atoms with van der Waals surface area (Å²) in [5.41, 5.74) is -0.300. The number of nitrogens with zero attached hydrogens (tertiary/aromatic N) is 2. The Balaban J connectivity index is 2.89. The van der Waals surface area contributed by atoms with Gasteiger partial charge in [0.05, 0.1) is 6.04 Å². The fourth-order valence-corrected chi connectivity index (χ4v) is 1.25. The molecule has 0 radical (unpaired) electrons. The Hall–Kier alpha value is -1.72. The standard InChI is InChI=1S/C11H17N3O3/c1-5-7(12-6-15)8(16)9-13-10(17-14-9)11(2,3)4/h6-7H,5H2,1-4H3,(H,12,15). The molecule has 1 aromatic rings. The highest BCUT2D eigenvalue weighted by atomic mass is 16.5. The summed E-state index contributed by atoms with van der Waals surface area (Å²) in [5, 5.41) is 6.07. The summed E-state index contributed by atoms with van der Waals surface area (Å²) in [5.74, 6) is 0.0804. The van der Waals surface area contributed by atoms with Crippen LogP contribution in [0.25, 0.3) is 0 Å². The average molecular weight is 239 g/mol. The first-order valence-electron chi connectivity index (χ1n) is 5.48. The Morgan fingerprint density at radius 3 is 2.59 bits per heavy atom. The van der Waals surface area contributed by atoms with Gasteiger partial charge in [0.15, 0.2) is 0 Å². The van der Waals surface area contributed by atoms with E-state index in [0.717, 1.165) is 0 Å². The molecule has 0 bridgehead atoms. The minimum absolute atomic E-state index is 0.0103. The van der Waals surface area contributed by atoms with Gasteiger partial charge in [0.25, 0.3) is 0 Å². The third-order valence-electron chi connectivity index (χ3n) is 2.28. The summed E-state index contributed by atoms with van der Waals surface area (Å²) >= 11 is 0. The number of rotatable bonds is 5. The first-order valence-corrected chi connectivity index (χ1v) is 5.48. The van der Waals surface area contributed by atoms with Crippen LogP contribution >= 0.6 is 0 Å². The largest absolute Gasteiger partial charge is 0.348 e. The van der Waals surface area contributed by atoms with Crippen molar-refractivity contribution in [2.45, 2.75) is 45.6 Å². The van der Waals surface area contributed by atoms with E-state index in [1.54, 1.807) is 6.92 Å². The lowest BCUT2D eigenvalue weighted by molar-refractivity contribution is -0.110. The van der Waals surface area contributed by atoms with Gasteiger partial charge >= 0.3 is 0 Å². The van der Waals surface area contributed by atoms with Gasteiger partial charge in [0.2, 0.25) is 23.9 Å². The van der Waals surface area contributed by atoms with Gasteiger partial charge in [0.1, 0.15) is 0 Å². The minimum atomic E-state index is -0.599. The van der Waals surface area contributed by atoms with Crippen molar-refractivity contribution in [3.05, 3.63) is 11.7 Å². The van der Waals surface area contributed by atoms with Crippen molar-refractivity contribution in [2.24, 2.45) is 0 Å². The van der Waals surface area contributed by atoms with Crippen LogP contribution in [0.4, 0.5) is 0 Å². The first kappa shape index (κ1) is 13.3. The predicted molar refractivity (Wildman–Crippen MR) is 60.6 cm³/mol. The topological polar surface area (TPSA) is 85.1 Å². The van der Waals surface area contributed by atoms with E-state index < -0.39 is 6.04 Å². The maximum Gasteiger partial charge on any atom is 0.240 e. The van der Waals surface area contributed by atoms with Crippen LogP contribution in [0.3, 0.4) is 0 Å². The molecule has 1 amide bonds. The Morgan fingerprint density at radius 2 is 2.18 bits per heavy atom. The zero-order valence-corrected chi connectivity index (χ0v) is 10.5. The van der Waals surface area contributed by atoms with Crippen molar-refractivity contribution >= 4 is 12.2 Å². The molecule has 1 rings (SSSR count). The highest BCUT2D eigenvalue weighted by Crippen LogP contribution is 2.20. The number of hydrogen-bond donors (Lipinski definition) is 1. The number of Topliss-reactive ketones (excluding diaryl/α,β-unsaturated/α-hetero) is 1. The van der Waals surface area contributed by atoms with Crippen molar-refractivity contribution in [1.29, 1.82) is 0 Å². The molecule has 6 heteroatoms. The van der Waals surface area contributed by atoms with E-state index in [2.05, 4.69) is 15.5 Å². The Bertz CT molecular complexity index is 406. The molecule has 0 saturated carbocycles. The van der Waals surface area contributed by atoms with Crippen LogP contribution in [0.1, 0.15) is 50.6 Å². The summed E-state index contributed by atoms with van der Waals surface area (Å²) < 4.78 is 5.02. The third-order valence-corrected chi connectivity index (χ3v) is 2.28. The van der Waals surface area contributed by atoms with Crippen LogP contribution in [0.5, 0.6) is 0 Å². The molecular weight excluding hydrogens is 222 g/mol. The number of ketones is 1. The second-order valence-corrected chi connectivity index (χ2v) is 4.78. The lowest BCUT2D eigenvalue weighted by atomic mass is 9.97. The van der Waals surface area contributed by atoms with Crippen molar-refractivity contribution < 1.29 is 14.1 Å². The van der Waals surface area contributed by atoms with Crippen molar-refractivity contribution in [2.75, 3.05) is 0 Å². The second-order valence-electron chi connectivity index (χ2n) is 4.78. The molecule has 1 aromatic heterocycles. The number of amides is 1. The smallest absolute Gasteiger partial charge is 0.240 e. The zero-order chi connectivity index (χ0) is 13.1. The highest BCUT2D eigenvalue weighted by Gasteiger charge is 2.27. The maximum absolute atomic E-state index is 11.9. The van der Waals surface area contributed by atoms with Crippen molar-refractivity contribution in [3.63, 3.8) is 0 Å². The molecule has 1 heterocycles. The van der Waals surface area contributed by atoms with E-state index in [9.17, 15) is 9.59 Å². The second kappa shape index (κ2) is 5.07. The number of aromatic nitrogens is 2. The van der Waals surface area contributed by atoms with Crippen LogP contribution in [0, 0.1) is 0 Å². The summed E-state index contributed by atoms with van der Waals surface area (Å²) in [6.45, 7) is 7.53. The summed E-state index contributed by atoms with van der Waals surface area (Å²) in [4.78, 5) is 26.3. The van der Waals surface area contributed by atoms with E-state index in [1.165, 1.54) is 0 Å². The highest BCUT2D eigenvalue weighted by molar-refractivity contribution is 5.97. The number of carbonyl (C=O) groups is 2. The molecule has 0 aliphatic heterocycles. The van der Waals surface area contributed by atoms with Gasteiger partial charge in [-0.25, -0.2) is 0 Å². The van der Waals surface area contributed by atoms with E-state index in [-0.39, 0.29) is 17.0 Å². The lowest BCUT2D eigenvalue weighted by Crippen LogP contribution is -2.35. The van der Waals surface area contributed by atoms with E-state index in [4.69, 9.17) is 4.52 Å². The van der Waals surface area contributed by atoms with E-state index >= 15 is 0 Å². The molecular formula is C11H17N3O3. The molecule has 0 spiro atoms. The van der Waals surface area contributed by atoms with Crippen LogP contribution in [0.2, 0.25) is 0 Å². The Labute approximate surface area is 99.8 Å². The van der Waals surface area contributed by atoms with Crippen LogP contribution < -0.4 is 5.32 Å². The molecule has 0 aliphatic carbocycles. The molecule has 1 atom stereocenters. The summed E-state index contributed by atoms with van der Waals surface area (Å²) in [7, 11) is 0. The Kier molecular flexibility index (Phi) is 3.98. The fraction of sp³-hybridized carbons (Fsp3) is 0.636. The molecule has 17 heavy (non-hydrogen) atoms. The summed E-state index contributed by atoms with van der Waals surface area (Å²) in [6, 6.07) is -0.599. The van der Waals surface area contributed by atoms with Crippen molar-refractivity contribution in [3.8, 4) is 0 Å². The molecule has 0 fully saturated rings. The number of carbonyl (C=O) groups excluding carboxylic acids is 2. The molecule has 0 aliphatic rings. The fourth-order valence-electron chi connectivity index (χ4n) is 1.25. The van der Waals surface area contributed by atoms with Gasteiger partial charge in [-0.1, -0.05) is 32.9 Å². The molecule has 1 N–H and O–H groups in total. The zero-order valence-electron chi connectivity index (χ0n) is 10.5. The SMILES string of the molecule is CCC(NC=O)C(=O)c1noc(C(C)(C)C)n1. The quantitative estimate of drug-likeness (QED) is 0.613. The maximum atomic E-state index is 11.9. The lowest BCUT2D eigenvalue weighted by Gasteiger charge is -2.11. The minimum Gasteiger partial charge on any atom is -0.348 e. The number of nitrogens with one attached hydrogen (secondary N) is 1. The van der Waals surface area contributed by atoms with Crippen LogP contribution in [0.15, 0.2) is 4.52 Å². The van der Waals surface area contributed by atoms with Crippen molar-refractivity contribution in [1.82, 2.24) is 15.5 Å². The molecule has 0 saturated heterocycles. The molecule has 1 unspecified atom stereocenters. The number of hydrogen-bond acceptors (Lipinski definition) is 5. The normalized spacial score (nSPS) is 13.2. The third kappa shape index (κ3) is 3.12. The van der Waals surface area contributed by atoms with Gasteiger partial charge in [-0.2, -0.15) is 4.98 Å². The van der Waals surface area contributed by atoms with Crippen LogP contribution in [-0.2, 0) is 10.2 Å².